The van der Waals surface area contributed by atoms with Crippen LogP contribution in [0.3, 0.4) is 0 Å². The summed E-state index contributed by atoms with van der Waals surface area (Å²) < 4.78 is 29.2. The van der Waals surface area contributed by atoms with Crippen molar-refractivity contribution < 1.29 is 17.9 Å². The van der Waals surface area contributed by atoms with Gasteiger partial charge >= 0.3 is 0 Å². The molecule has 1 aliphatic heterocycles. The van der Waals surface area contributed by atoms with E-state index in [0.717, 1.165) is 5.56 Å². The first kappa shape index (κ1) is 19.2. The van der Waals surface area contributed by atoms with Crippen molar-refractivity contribution in [2.45, 2.75) is 25.8 Å². The molecule has 1 atom stereocenters. The van der Waals surface area contributed by atoms with Crippen molar-refractivity contribution >= 4 is 21.4 Å². The highest BCUT2D eigenvalue weighted by Gasteiger charge is 2.33. The van der Waals surface area contributed by atoms with Crippen molar-refractivity contribution in [3.8, 4) is 5.75 Å². The first-order chi connectivity index (χ1) is 12.8. The van der Waals surface area contributed by atoms with Gasteiger partial charge in [-0.1, -0.05) is 38.1 Å². The summed E-state index contributed by atoms with van der Waals surface area (Å²) in [5.41, 5.74) is 2.20. The van der Waals surface area contributed by atoms with Crippen LogP contribution in [0, 0.1) is 0 Å². The molecular formula is C21H23NO4S. The van der Waals surface area contributed by atoms with E-state index in [-0.39, 0.29) is 11.7 Å². The molecule has 5 nitrogen and oxygen atoms in total. The predicted molar refractivity (Wildman–Crippen MR) is 107 cm³/mol. The Bertz CT molecular complexity index is 962. The fourth-order valence-corrected chi connectivity index (χ4v) is 4.42. The molecule has 0 fully saturated rings. The Kier molecular flexibility index (Phi) is 5.37. The number of hydrogen-bond acceptors (Lipinski definition) is 4. The first-order valence-corrected chi connectivity index (χ1v) is 10.5. The van der Waals surface area contributed by atoms with E-state index < -0.39 is 15.9 Å². The van der Waals surface area contributed by atoms with Gasteiger partial charge in [0.25, 0.3) is 5.91 Å². The molecule has 1 heterocycles. The Labute approximate surface area is 160 Å². The van der Waals surface area contributed by atoms with Gasteiger partial charge in [-0.3, -0.25) is 4.79 Å². The van der Waals surface area contributed by atoms with E-state index in [4.69, 9.17) is 4.74 Å². The van der Waals surface area contributed by atoms with Crippen LogP contribution in [0.25, 0.3) is 0 Å². The van der Waals surface area contributed by atoms with Gasteiger partial charge in [0, 0.05) is 11.1 Å². The maximum absolute atomic E-state index is 13.4. The number of benzene rings is 2. The summed E-state index contributed by atoms with van der Waals surface area (Å²) in [5.74, 6) is 0.400. The zero-order valence-electron chi connectivity index (χ0n) is 15.6. The number of carbonyl (C=O) groups excluding carboxylic acids is 1. The predicted octanol–water partition coefficient (Wildman–Crippen LogP) is 3.78. The average Bonchev–Trinajstić information content (AvgIpc) is 3.01. The van der Waals surface area contributed by atoms with Crippen LogP contribution >= 0.6 is 0 Å². The molecule has 0 spiro atoms. The van der Waals surface area contributed by atoms with E-state index in [1.807, 2.05) is 24.3 Å². The number of hydrogen-bond donors (Lipinski definition) is 0. The molecule has 2 aromatic carbocycles. The van der Waals surface area contributed by atoms with Crippen molar-refractivity contribution in [2.75, 3.05) is 17.8 Å². The molecule has 0 aromatic heterocycles. The van der Waals surface area contributed by atoms with Gasteiger partial charge in [-0.15, -0.1) is 0 Å². The fourth-order valence-electron chi connectivity index (χ4n) is 3.15. The third kappa shape index (κ3) is 4.06. The third-order valence-corrected chi connectivity index (χ3v) is 6.01. The van der Waals surface area contributed by atoms with Crippen molar-refractivity contribution in [3.63, 3.8) is 0 Å². The Balaban J connectivity index is 2.05. The van der Waals surface area contributed by atoms with Gasteiger partial charge in [0.1, 0.15) is 5.75 Å². The van der Waals surface area contributed by atoms with Crippen LogP contribution in [0.4, 0.5) is 5.69 Å². The molecule has 0 saturated heterocycles. The Hall–Kier alpha value is -2.60. The Morgan fingerprint density at radius 3 is 2.33 bits per heavy atom. The lowest BCUT2D eigenvalue weighted by Gasteiger charge is -2.28. The van der Waals surface area contributed by atoms with Gasteiger partial charge < -0.3 is 9.64 Å². The van der Waals surface area contributed by atoms with E-state index in [1.165, 1.54) is 17.4 Å². The lowest BCUT2D eigenvalue weighted by atomic mass is 10.0. The van der Waals surface area contributed by atoms with Crippen LogP contribution in [-0.2, 0) is 9.84 Å². The highest BCUT2D eigenvalue weighted by molar-refractivity contribution is 7.94. The van der Waals surface area contributed by atoms with Crippen LogP contribution in [0.15, 0.2) is 60.0 Å². The van der Waals surface area contributed by atoms with Crippen LogP contribution in [0.1, 0.15) is 35.7 Å². The van der Waals surface area contributed by atoms with Gasteiger partial charge in [0.05, 0.1) is 24.5 Å². The summed E-state index contributed by atoms with van der Waals surface area (Å²) in [6, 6.07) is 14.1. The molecule has 6 heteroatoms. The van der Waals surface area contributed by atoms with Gasteiger partial charge in [0.2, 0.25) is 0 Å². The topological polar surface area (TPSA) is 63.7 Å². The summed E-state index contributed by atoms with van der Waals surface area (Å²) in [5, 5.41) is 1.18. The number of sulfone groups is 1. The molecular weight excluding hydrogens is 362 g/mol. The van der Waals surface area contributed by atoms with Crippen LogP contribution in [-0.4, -0.2) is 33.2 Å². The molecule has 142 valence electrons. The van der Waals surface area contributed by atoms with E-state index >= 15 is 0 Å². The first-order valence-electron chi connectivity index (χ1n) is 8.80. The zero-order valence-corrected chi connectivity index (χ0v) is 16.4. The zero-order chi connectivity index (χ0) is 19.6. The van der Waals surface area contributed by atoms with E-state index in [2.05, 4.69) is 13.8 Å². The minimum absolute atomic E-state index is 0.125. The molecule has 3 rings (SSSR count). The maximum atomic E-state index is 13.4. The number of methoxy groups -OCH3 is 1. The van der Waals surface area contributed by atoms with E-state index in [9.17, 15) is 13.2 Å². The average molecular weight is 385 g/mol. The van der Waals surface area contributed by atoms with E-state index in [0.29, 0.717) is 22.9 Å². The Morgan fingerprint density at radius 2 is 1.78 bits per heavy atom. The second-order valence-corrected chi connectivity index (χ2v) is 8.78. The largest absolute Gasteiger partial charge is 0.496 e. The molecule has 0 unspecified atom stereocenters. The minimum atomic E-state index is -3.31. The van der Waals surface area contributed by atoms with Crippen LogP contribution in [0.2, 0.25) is 0 Å². The fraction of sp³-hybridized carbons (Fsp3) is 0.286. The monoisotopic (exact) mass is 385 g/mol. The lowest BCUT2D eigenvalue weighted by molar-refractivity contribution is 0.0980. The highest BCUT2D eigenvalue weighted by Crippen LogP contribution is 2.29. The number of para-hydroxylation sites is 1. The smallest absolute Gasteiger partial charge is 0.262 e. The molecule has 1 amide bonds. The summed E-state index contributed by atoms with van der Waals surface area (Å²) in [6.07, 6.45) is 1.57. The molecule has 0 saturated carbocycles. The van der Waals surface area contributed by atoms with Gasteiger partial charge in [0.15, 0.2) is 9.84 Å². The molecule has 0 N–H and O–H groups in total. The second-order valence-electron chi connectivity index (χ2n) is 6.85. The number of anilines is 1. The third-order valence-electron chi connectivity index (χ3n) is 4.64. The standard InChI is InChI=1S/C21H23NO4S/c1-15(2)16-8-10-17(11-9-16)22(18-12-13-27(24,25)14-18)21(23)19-6-4-5-7-20(19)26-3/h4-13,15,18H,14H2,1-3H3/t18-/m0/s1. The summed E-state index contributed by atoms with van der Waals surface area (Å²) in [6.45, 7) is 4.19. The number of ether oxygens (including phenoxy) is 1. The van der Waals surface area contributed by atoms with E-state index in [1.54, 1.807) is 30.3 Å². The molecule has 0 radical (unpaired) electrons. The molecule has 0 bridgehead atoms. The quantitative estimate of drug-likeness (QED) is 0.786. The van der Waals surface area contributed by atoms with Crippen molar-refractivity contribution in [1.82, 2.24) is 0 Å². The summed E-state index contributed by atoms with van der Waals surface area (Å²) >= 11 is 0. The lowest BCUT2D eigenvalue weighted by Crippen LogP contribution is -2.41. The van der Waals surface area contributed by atoms with Gasteiger partial charge in [-0.2, -0.15) is 0 Å². The number of rotatable bonds is 5. The normalized spacial score (nSPS) is 17.9. The minimum Gasteiger partial charge on any atom is -0.496 e. The molecule has 0 aliphatic carbocycles. The maximum Gasteiger partial charge on any atom is 0.262 e. The SMILES string of the molecule is COc1ccccc1C(=O)N(c1ccc(C(C)C)cc1)[C@H]1C=CS(=O)(=O)C1. The number of carbonyl (C=O) groups is 1. The molecule has 1 aliphatic rings. The molecule has 2 aromatic rings. The van der Waals surface area contributed by atoms with Gasteiger partial charge in [-0.05, 0) is 41.8 Å². The molecule has 27 heavy (non-hydrogen) atoms. The van der Waals surface area contributed by atoms with Gasteiger partial charge in [-0.25, -0.2) is 8.42 Å². The number of amides is 1. The van der Waals surface area contributed by atoms with Crippen molar-refractivity contribution in [1.29, 1.82) is 0 Å². The summed E-state index contributed by atoms with van der Waals surface area (Å²) in [7, 11) is -1.80. The summed E-state index contributed by atoms with van der Waals surface area (Å²) in [4.78, 5) is 14.9. The second kappa shape index (κ2) is 7.56. The van der Waals surface area contributed by atoms with Crippen LogP contribution in [0.5, 0.6) is 5.75 Å². The Morgan fingerprint density at radius 1 is 1.11 bits per heavy atom. The van der Waals surface area contributed by atoms with Crippen molar-refractivity contribution in [2.24, 2.45) is 0 Å². The van der Waals surface area contributed by atoms with Crippen LogP contribution < -0.4 is 9.64 Å². The number of nitrogens with zero attached hydrogens (tertiary/aromatic N) is 1. The highest BCUT2D eigenvalue weighted by atomic mass is 32.2. The van der Waals surface area contributed by atoms with Crippen molar-refractivity contribution in [3.05, 3.63) is 71.1 Å².